The monoisotopic (exact) mass is 413 g/mol. The number of hydrogen-bond acceptors (Lipinski definition) is 5. The molecule has 31 heavy (non-hydrogen) atoms. The fraction of sp³-hybridized carbons (Fsp3) is 0.208. The first-order chi connectivity index (χ1) is 15.0. The summed E-state index contributed by atoms with van der Waals surface area (Å²) in [7, 11) is 1.69. The first-order valence-corrected chi connectivity index (χ1v) is 10.2. The first kappa shape index (κ1) is 19.1. The Bertz CT molecular complexity index is 1140. The highest BCUT2D eigenvalue weighted by molar-refractivity contribution is 6.16. The second-order valence-corrected chi connectivity index (χ2v) is 7.88. The summed E-state index contributed by atoms with van der Waals surface area (Å²) in [6.07, 6.45) is 2.96. The molecule has 2 aromatic rings. The summed E-state index contributed by atoms with van der Waals surface area (Å²) in [5.41, 5.74) is 4.04. The summed E-state index contributed by atoms with van der Waals surface area (Å²) >= 11 is 0. The van der Waals surface area contributed by atoms with Crippen LogP contribution >= 0.6 is 0 Å². The zero-order chi connectivity index (χ0) is 21.7. The van der Waals surface area contributed by atoms with Gasteiger partial charge in [-0.15, -0.1) is 6.58 Å². The zero-order valence-corrected chi connectivity index (χ0v) is 17.5. The van der Waals surface area contributed by atoms with Crippen LogP contribution in [0, 0.1) is 6.92 Å². The van der Waals surface area contributed by atoms with Crippen LogP contribution < -0.4 is 4.90 Å². The molecule has 1 saturated heterocycles. The summed E-state index contributed by atoms with van der Waals surface area (Å²) < 4.78 is 0. The number of carbonyl (C=O) groups is 2. The summed E-state index contributed by atoms with van der Waals surface area (Å²) in [6.45, 7) is 5.90. The van der Waals surface area contributed by atoms with Crippen molar-refractivity contribution in [3.8, 4) is 0 Å². The van der Waals surface area contributed by atoms with Crippen molar-refractivity contribution in [1.29, 1.82) is 0 Å². The molecular weight excluding hydrogens is 390 g/mol. The molecule has 3 amide bonds. The van der Waals surface area contributed by atoms with Crippen molar-refractivity contribution < 1.29 is 9.59 Å². The number of urea groups is 1. The lowest BCUT2D eigenvalue weighted by Gasteiger charge is -2.39. The Kier molecular flexibility index (Phi) is 4.39. The summed E-state index contributed by atoms with van der Waals surface area (Å²) in [5.74, 6) is 0.384. The SMILES string of the molecule is C=CCN1C(=O)C2C(N=C3N(c4cccc(C)c4)C(c4ccccc4)=CN32)N(C)C1=O. The number of likely N-dealkylation sites (N-methyl/N-ethyl adjacent to an activating group) is 1. The van der Waals surface area contributed by atoms with Crippen LogP contribution in [0.5, 0.6) is 0 Å². The predicted molar refractivity (Wildman–Crippen MR) is 120 cm³/mol. The molecule has 3 aliphatic heterocycles. The summed E-state index contributed by atoms with van der Waals surface area (Å²) in [6, 6.07) is 17.2. The van der Waals surface area contributed by atoms with Gasteiger partial charge in [-0.3, -0.25) is 19.5 Å². The van der Waals surface area contributed by atoms with Crippen LogP contribution in [0.2, 0.25) is 0 Å². The molecule has 1 fully saturated rings. The Labute approximate surface area is 181 Å². The number of hydrogen-bond donors (Lipinski definition) is 0. The number of fused-ring (bicyclic) bond motifs is 3. The van der Waals surface area contributed by atoms with Crippen LogP contribution in [0.3, 0.4) is 0 Å². The molecule has 0 spiro atoms. The number of benzene rings is 2. The van der Waals surface area contributed by atoms with E-state index in [4.69, 9.17) is 4.99 Å². The number of rotatable bonds is 4. The Balaban J connectivity index is 1.63. The van der Waals surface area contributed by atoms with Crippen LogP contribution in [0.1, 0.15) is 11.1 Å². The number of anilines is 1. The molecule has 0 aromatic heterocycles. The first-order valence-electron chi connectivity index (χ1n) is 10.2. The molecule has 2 atom stereocenters. The van der Waals surface area contributed by atoms with E-state index >= 15 is 0 Å². The highest BCUT2D eigenvalue weighted by atomic mass is 16.2. The average molecular weight is 413 g/mol. The van der Waals surface area contributed by atoms with Crippen LogP contribution in [0.25, 0.3) is 5.70 Å². The standard InChI is InChI=1S/C24H23N5O2/c1-4-13-27-22(30)20-21(26(3)24(27)31)25-23-28(20)15-19(17-10-6-5-7-11-17)29(23)18-12-8-9-16(2)14-18/h4-12,14-15,20-21H,1,13H2,2-3H3. The third-order valence-electron chi connectivity index (χ3n) is 5.85. The maximum Gasteiger partial charge on any atom is 0.328 e. The van der Waals surface area contributed by atoms with E-state index < -0.39 is 12.2 Å². The van der Waals surface area contributed by atoms with Gasteiger partial charge in [0.15, 0.2) is 12.2 Å². The van der Waals surface area contributed by atoms with Gasteiger partial charge in [0.05, 0.1) is 5.70 Å². The Morgan fingerprint density at radius 2 is 1.87 bits per heavy atom. The van der Waals surface area contributed by atoms with Crippen molar-refractivity contribution in [1.82, 2.24) is 14.7 Å². The molecule has 3 heterocycles. The number of carbonyl (C=O) groups excluding carboxylic acids is 2. The lowest BCUT2D eigenvalue weighted by Crippen LogP contribution is -2.64. The third-order valence-corrected chi connectivity index (χ3v) is 5.85. The van der Waals surface area contributed by atoms with Crippen molar-refractivity contribution >= 4 is 29.3 Å². The van der Waals surface area contributed by atoms with Gasteiger partial charge in [-0.2, -0.15) is 0 Å². The fourth-order valence-electron chi connectivity index (χ4n) is 4.37. The highest BCUT2D eigenvalue weighted by Crippen LogP contribution is 2.40. The normalized spacial score (nSPS) is 22.4. The fourth-order valence-corrected chi connectivity index (χ4v) is 4.37. The molecule has 2 aromatic carbocycles. The van der Waals surface area contributed by atoms with Gasteiger partial charge in [-0.1, -0.05) is 48.5 Å². The van der Waals surface area contributed by atoms with Gasteiger partial charge in [-0.05, 0) is 24.6 Å². The van der Waals surface area contributed by atoms with Crippen molar-refractivity contribution in [2.45, 2.75) is 19.1 Å². The molecule has 0 radical (unpaired) electrons. The van der Waals surface area contributed by atoms with E-state index in [-0.39, 0.29) is 18.5 Å². The van der Waals surface area contributed by atoms with E-state index in [1.165, 1.54) is 9.80 Å². The second-order valence-electron chi connectivity index (χ2n) is 7.88. The van der Waals surface area contributed by atoms with E-state index in [2.05, 4.69) is 17.5 Å². The molecule has 0 aliphatic carbocycles. The number of guanidine groups is 1. The van der Waals surface area contributed by atoms with Crippen molar-refractivity contribution in [2.24, 2.45) is 4.99 Å². The highest BCUT2D eigenvalue weighted by Gasteiger charge is 2.54. The molecule has 156 valence electrons. The van der Waals surface area contributed by atoms with Crippen LogP contribution in [0.15, 0.2) is 78.4 Å². The predicted octanol–water partition coefficient (Wildman–Crippen LogP) is 3.26. The minimum atomic E-state index is -0.605. The van der Waals surface area contributed by atoms with E-state index in [1.807, 2.05) is 66.6 Å². The average Bonchev–Trinajstić information content (AvgIpc) is 3.32. The lowest BCUT2D eigenvalue weighted by atomic mass is 10.1. The van der Waals surface area contributed by atoms with E-state index in [0.29, 0.717) is 5.96 Å². The molecule has 5 rings (SSSR count). The van der Waals surface area contributed by atoms with Gasteiger partial charge in [0.25, 0.3) is 5.91 Å². The largest absolute Gasteiger partial charge is 0.328 e. The smallest absolute Gasteiger partial charge is 0.302 e. The van der Waals surface area contributed by atoms with E-state index in [0.717, 1.165) is 22.5 Å². The van der Waals surface area contributed by atoms with Gasteiger partial charge >= 0.3 is 6.03 Å². The maximum absolute atomic E-state index is 13.3. The number of nitrogens with zero attached hydrogens (tertiary/aromatic N) is 5. The molecule has 7 nitrogen and oxygen atoms in total. The minimum absolute atomic E-state index is 0.172. The minimum Gasteiger partial charge on any atom is -0.302 e. The molecule has 0 N–H and O–H groups in total. The number of amides is 3. The van der Waals surface area contributed by atoms with Crippen LogP contribution in [0.4, 0.5) is 10.5 Å². The maximum atomic E-state index is 13.3. The van der Waals surface area contributed by atoms with Crippen molar-refractivity contribution in [3.63, 3.8) is 0 Å². The molecule has 3 aliphatic rings. The van der Waals surface area contributed by atoms with Gasteiger partial charge in [0.1, 0.15) is 0 Å². The third kappa shape index (κ3) is 2.84. The number of imide groups is 1. The van der Waals surface area contributed by atoms with Gasteiger partial charge < -0.3 is 4.90 Å². The molecule has 0 bridgehead atoms. The van der Waals surface area contributed by atoms with E-state index in [1.54, 1.807) is 13.1 Å². The zero-order valence-electron chi connectivity index (χ0n) is 17.5. The quantitative estimate of drug-likeness (QED) is 0.722. The molecular formula is C24H23N5O2. The molecule has 2 unspecified atom stereocenters. The Hall–Kier alpha value is -3.87. The van der Waals surface area contributed by atoms with Gasteiger partial charge in [0, 0.05) is 31.0 Å². The van der Waals surface area contributed by atoms with E-state index in [9.17, 15) is 9.59 Å². The molecule has 0 saturated carbocycles. The second kappa shape index (κ2) is 7.12. The number of aliphatic imine (C=N–C) groups is 1. The van der Waals surface area contributed by atoms with Crippen LogP contribution in [-0.2, 0) is 4.79 Å². The van der Waals surface area contributed by atoms with Gasteiger partial charge in [-0.25, -0.2) is 9.79 Å². The van der Waals surface area contributed by atoms with Gasteiger partial charge in [0.2, 0.25) is 5.96 Å². The lowest BCUT2D eigenvalue weighted by molar-refractivity contribution is -0.136. The van der Waals surface area contributed by atoms with Crippen molar-refractivity contribution in [3.05, 3.63) is 84.6 Å². The number of aryl methyl sites for hydroxylation is 1. The topological polar surface area (TPSA) is 59.5 Å². The van der Waals surface area contributed by atoms with Crippen molar-refractivity contribution in [2.75, 3.05) is 18.5 Å². The summed E-state index contributed by atoms with van der Waals surface area (Å²) in [4.78, 5) is 37.6. The van der Waals surface area contributed by atoms with Crippen LogP contribution in [-0.4, -0.2) is 58.4 Å². The Morgan fingerprint density at radius 3 is 2.58 bits per heavy atom. The Morgan fingerprint density at radius 1 is 1.10 bits per heavy atom. The molecule has 7 heteroatoms. The summed E-state index contributed by atoms with van der Waals surface area (Å²) in [5, 5.41) is 0.